The zero-order valence-electron chi connectivity index (χ0n) is 33.7. The van der Waals surface area contributed by atoms with Crippen molar-refractivity contribution in [1.29, 1.82) is 0 Å². The molecule has 3 aliphatic rings. The Kier molecular flexibility index (Phi) is 6.87. The third-order valence-corrected chi connectivity index (χ3v) is 13.8. The van der Waals surface area contributed by atoms with Gasteiger partial charge in [-0.25, -0.2) is 15.0 Å². The van der Waals surface area contributed by atoms with Crippen LogP contribution in [0.4, 0.5) is 0 Å². The monoisotopic (exact) mass is 803 g/mol. The minimum atomic E-state index is -0.746. The van der Waals surface area contributed by atoms with E-state index in [-0.39, 0.29) is 0 Å². The molecule has 3 aliphatic carbocycles. The topological polar surface area (TPSA) is 77.6 Å². The van der Waals surface area contributed by atoms with Gasteiger partial charge in [0, 0.05) is 63.4 Å². The van der Waals surface area contributed by atoms with E-state index in [0.717, 1.165) is 55.3 Å². The zero-order valence-corrected chi connectivity index (χ0v) is 33.7. The molecule has 0 aliphatic heterocycles. The lowest BCUT2D eigenvalue weighted by molar-refractivity contribution is 0.631. The summed E-state index contributed by atoms with van der Waals surface area (Å²) in [7, 11) is 0. The van der Waals surface area contributed by atoms with Crippen LogP contribution in [0.1, 0.15) is 44.5 Å². The third kappa shape index (κ3) is 4.34. The quantitative estimate of drug-likeness (QED) is 0.177. The first-order valence-electron chi connectivity index (χ1n) is 21.3. The van der Waals surface area contributed by atoms with Crippen LogP contribution in [-0.2, 0) is 10.8 Å². The summed E-state index contributed by atoms with van der Waals surface area (Å²) in [4.78, 5) is 24.5. The van der Waals surface area contributed by atoms with E-state index in [1.54, 1.807) is 24.8 Å². The highest BCUT2D eigenvalue weighted by molar-refractivity contribution is 6.14. The Morgan fingerprint density at radius 2 is 0.810 bits per heavy atom. The number of fused-ring (bicyclic) bond motifs is 20. The maximum absolute atomic E-state index is 7.06. The van der Waals surface area contributed by atoms with Crippen molar-refractivity contribution in [3.05, 3.63) is 245 Å². The normalized spacial score (nSPS) is 14.3. The Labute approximate surface area is 362 Å². The van der Waals surface area contributed by atoms with Gasteiger partial charge < -0.3 is 4.42 Å². The molecule has 63 heavy (non-hydrogen) atoms. The molecule has 7 aromatic carbocycles. The van der Waals surface area contributed by atoms with Gasteiger partial charge in [-0.3, -0.25) is 9.97 Å². The lowest BCUT2D eigenvalue weighted by Crippen LogP contribution is -2.43. The first-order valence-corrected chi connectivity index (χ1v) is 21.3. The Morgan fingerprint density at radius 1 is 0.333 bits per heavy atom. The van der Waals surface area contributed by atoms with Crippen LogP contribution in [0.25, 0.3) is 78.4 Å². The predicted molar refractivity (Wildman–Crippen MR) is 247 cm³/mol. The molecule has 0 saturated heterocycles. The van der Waals surface area contributed by atoms with Gasteiger partial charge >= 0.3 is 0 Å². The first kappa shape index (κ1) is 34.4. The number of para-hydroxylation sites is 1. The minimum Gasteiger partial charge on any atom is -0.455 e. The van der Waals surface area contributed by atoms with Crippen molar-refractivity contribution in [3.63, 3.8) is 0 Å². The number of hydrogen-bond donors (Lipinski definition) is 0. The zero-order chi connectivity index (χ0) is 41.3. The van der Waals surface area contributed by atoms with Crippen LogP contribution < -0.4 is 0 Å². The fourth-order valence-corrected chi connectivity index (χ4v) is 11.5. The number of aromatic nitrogens is 5. The van der Waals surface area contributed by atoms with Crippen molar-refractivity contribution in [2.45, 2.75) is 10.8 Å². The summed E-state index contributed by atoms with van der Waals surface area (Å²) < 4.78 is 7.06. The van der Waals surface area contributed by atoms with Crippen molar-refractivity contribution in [2.24, 2.45) is 0 Å². The smallest absolute Gasteiger partial charge is 0.165 e. The molecule has 0 bridgehead atoms. The van der Waals surface area contributed by atoms with Gasteiger partial charge in [-0.15, -0.1) is 0 Å². The highest BCUT2D eigenvalue weighted by atomic mass is 16.3. The van der Waals surface area contributed by atoms with Gasteiger partial charge in [-0.1, -0.05) is 146 Å². The van der Waals surface area contributed by atoms with Crippen LogP contribution in [-0.4, -0.2) is 24.9 Å². The molecular formula is C57H33N5O. The van der Waals surface area contributed by atoms with Gasteiger partial charge in [0.15, 0.2) is 17.5 Å². The molecule has 0 saturated carbocycles. The number of furan rings is 1. The largest absolute Gasteiger partial charge is 0.455 e. The minimum absolute atomic E-state index is 0.535. The summed E-state index contributed by atoms with van der Waals surface area (Å²) in [5, 5.41) is 2.15. The van der Waals surface area contributed by atoms with Crippen LogP contribution in [0.3, 0.4) is 0 Å². The molecule has 2 spiro atoms. The van der Waals surface area contributed by atoms with E-state index in [2.05, 4.69) is 156 Å². The number of rotatable bonds is 3. The Bertz CT molecular complexity index is 3550. The standard InChI is InChI=1S/C57H33N5O/c1-4-20-41-36(16-1)37-17-2-5-21-42(37)56(41)43-22-6-8-24-45(43)57(46-25-9-7-23-44(46)56)47-26-11-19-40(50(47)51-48(57)29-28-39-38-18-3-10-27-49(38)63-52(39)51)55-61-53(34-14-12-30-58-32-34)60-54(62-55)35-15-13-31-59-33-35/h1-33H. The molecule has 0 amide bonds. The number of nitrogens with zero attached hydrogens (tertiary/aromatic N) is 5. The molecule has 11 aromatic rings. The second-order valence-corrected chi connectivity index (χ2v) is 16.7. The molecule has 6 nitrogen and oxygen atoms in total. The molecule has 14 rings (SSSR count). The molecule has 0 radical (unpaired) electrons. The van der Waals surface area contributed by atoms with Crippen molar-refractivity contribution in [2.75, 3.05) is 0 Å². The molecule has 0 atom stereocenters. The number of hydrogen-bond acceptors (Lipinski definition) is 6. The van der Waals surface area contributed by atoms with Crippen LogP contribution in [0, 0.1) is 0 Å². The molecule has 4 heterocycles. The molecule has 6 heteroatoms. The van der Waals surface area contributed by atoms with Crippen molar-refractivity contribution in [3.8, 4) is 56.4 Å². The molecule has 4 aromatic heterocycles. The molecule has 292 valence electrons. The van der Waals surface area contributed by atoms with E-state index in [1.165, 1.54) is 50.1 Å². The maximum atomic E-state index is 7.06. The summed E-state index contributed by atoms with van der Waals surface area (Å²) >= 11 is 0. The SMILES string of the molecule is c1cncc(-c2nc(-c3cccnc3)nc(-c3cccc4c3-c3c(ccc5c3oc3ccccc35)C43c4ccccc4C4(c5ccccc5-c5ccccc54)c4ccccc43)n2)c1. The van der Waals surface area contributed by atoms with E-state index in [9.17, 15) is 0 Å². The lowest BCUT2D eigenvalue weighted by Gasteiger charge is -2.48. The highest BCUT2D eigenvalue weighted by Crippen LogP contribution is 2.68. The molecule has 0 fully saturated rings. The second-order valence-electron chi connectivity index (χ2n) is 16.7. The summed E-state index contributed by atoms with van der Waals surface area (Å²) in [5.41, 5.74) is 17.5. The van der Waals surface area contributed by atoms with Crippen molar-refractivity contribution < 1.29 is 4.42 Å². The van der Waals surface area contributed by atoms with E-state index in [1.807, 2.05) is 30.3 Å². The van der Waals surface area contributed by atoms with Crippen LogP contribution in [0.5, 0.6) is 0 Å². The Balaban J connectivity index is 1.15. The van der Waals surface area contributed by atoms with E-state index in [0.29, 0.717) is 17.5 Å². The van der Waals surface area contributed by atoms with Gasteiger partial charge in [0.1, 0.15) is 11.2 Å². The summed E-state index contributed by atoms with van der Waals surface area (Å²) in [6, 6.07) is 63.7. The van der Waals surface area contributed by atoms with Crippen LogP contribution >= 0.6 is 0 Å². The van der Waals surface area contributed by atoms with E-state index < -0.39 is 10.8 Å². The fraction of sp³-hybridized carbons (Fsp3) is 0.0351. The number of pyridine rings is 2. The van der Waals surface area contributed by atoms with Crippen LogP contribution in [0.15, 0.2) is 205 Å². The van der Waals surface area contributed by atoms with Crippen molar-refractivity contribution in [1.82, 2.24) is 24.9 Å². The lowest BCUT2D eigenvalue weighted by atomic mass is 9.52. The first-order chi connectivity index (χ1) is 31.3. The summed E-state index contributed by atoms with van der Waals surface area (Å²) in [5.74, 6) is 1.63. The summed E-state index contributed by atoms with van der Waals surface area (Å²) in [6.07, 6.45) is 7.13. The molecular weight excluding hydrogens is 771 g/mol. The van der Waals surface area contributed by atoms with Gasteiger partial charge in [0.2, 0.25) is 0 Å². The third-order valence-electron chi connectivity index (χ3n) is 13.8. The van der Waals surface area contributed by atoms with Gasteiger partial charge in [0.05, 0.1) is 10.8 Å². The fourth-order valence-electron chi connectivity index (χ4n) is 11.5. The van der Waals surface area contributed by atoms with Gasteiger partial charge in [-0.05, 0) is 86.0 Å². The predicted octanol–water partition coefficient (Wildman–Crippen LogP) is 12.6. The Hall–Kier alpha value is -8.35. The summed E-state index contributed by atoms with van der Waals surface area (Å²) in [6.45, 7) is 0. The molecule has 0 N–H and O–H groups in total. The van der Waals surface area contributed by atoms with E-state index in [4.69, 9.17) is 19.4 Å². The second kappa shape index (κ2) is 12.6. The van der Waals surface area contributed by atoms with E-state index >= 15 is 0 Å². The number of benzene rings is 7. The van der Waals surface area contributed by atoms with Crippen LogP contribution in [0.2, 0.25) is 0 Å². The molecule has 0 unspecified atom stereocenters. The van der Waals surface area contributed by atoms with Gasteiger partial charge in [-0.2, -0.15) is 0 Å². The highest BCUT2D eigenvalue weighted by Gasteiger charge is 2.59. The van der Waals surface area contributed by atoms with Crippen molar-refractivity contribution >= 4 is 21.9 Å². The maximum Gasteiger partial charge on any atom is 0.165 e. The average Bonchev–Trinajstić information content (AvgIpc) is 3.99. The average molecular weight is 804 g/mol. The van der Waals surface area contributed by atoms with Gasteiger partial charge in [0.25, 0.3) is 0 Å². The Morgan fingerprint density at radius 3 is 1.40 bits per heavy atom.